The lowest BCUT2D eigenvalue weighted by atomic mass is 10.2. The number of carbonyl (C=O) groups excluding carboxylic acids is 2. The van der Waals surface area contributed by atoms with Crippen LogP contribution in [0.5, 0.6) is 0 Å². The molecule has 2 aliphatic rings. The maximum absolute atomic E-state index is 12.6. The van der Waals surface area contributed by atoms with E-state index in [9.17, 15) is 18.0 Å². The Kier molecular flexibility index (Phi) is 8.05. The lowest BCUT2D eigenvalue weighted by molar-refractivity contribution is -0.132. The fourth-order valence-corrected chi connectivity index (χ4v) is 4.57. The van der Waals surface area contributed by atoms with Crippen molar-refractivity contribution in [1.29, 1.82) is 0 Å². The van der Waals surface area contributed by atoms with Gasteiger partial charge in [0.2, 0.25) is 5.91 Å². The van der Waals surface area contributed by atoms with Crippen LogP contribution in [0.1, 0.15) is 33.6 Å². The van der Waals surface area contributed by atoms with E-state index in [0.29, 0.717) is 71.9 Å². The summed E-state index contributed by atoms with van der Waals surface area (Å²) in [5.41, 5.74) is -0.554. The van der Waals surface area contributed by atoms with Gasteiger partial charge in [0.15, 0.2) is 0 Å². The standard InChI is InChI=1S/C17H32N4O6S/c1-17(2,3)27-16(23)18-6-4-5-15(22)19-7-9-20(10-8-19)28(24,25)21-11-13-26-14-12-21/h4-14H2,1-3H3,(H,18,23). The highest BCUT2D eigenvalue weighted by Gasteiger charge is 2.34. The molecule has 0 radical (unpaired) electrons. The van der Waals surface area contributed by atoms with E-state index in [1.807, 2.05) is 0 Å². The Labute approximate surface area is 167 Å². The molecule has 162 valence electrons. The Hall–Kier alpha value is -1.43. The van der Waals surface area contributed by atoms with Gasteiger partial charge in [-0.15, -0.1) is 0 Å². The van der Waals surface area contributed by atoms with Crippen molar-refractivity contribution in [3.8, 4) is 0 Å². The highest BCUT2D eigenvalue weighted by Crippen LogP contribution is 2.14. The summed E-state index contributed by atoms with van der Waals surface area (Å²) in [6.45, 7) is 8.61. The van der Waals surface area contributed by atoms with E-state index >= 15 is 0 Å². The fourth-order valence-electron chi connectivity index (χ4n) is 3.01. The van der Waals surface area contributed by atoms with Gasteiger partial charge in [0.05, 0.1) is 13.2 Å². The zero-order chi connectivity index (χ0) is 20.8. The molecule has 0 aromatic rings. The van der Waals surface area contributed by atoms with Gasteiger partial charge in [0.25, 0.3) is 10.2 Å². The monoisotopic (exact) mass is 420 g/mol. The van der Waals surface area contributed by atoms with Gasteiger partial charge in [-0.2, -0.15) is 17.0 Å². The summed E-state index contributed by atoms with van der Waals surface area (Å²) < 4.78 is 38.5. The lowest BCUT2D eigenvalue weighted by Gasteiger charge is -2.37. The second-order valence-electron chi connectivity index (χ2n) is 7.83. The summed E-state index contributed by atoms with van der Waals surface area (Å²) in [4.78, 5) is 25.6. The molecule has 0 bridgehead atoms. The number of morpholine rings is 1. The number of hydrogen-bond acceptors (Lipinski definition) is 6. The van der Waals surface area contributed by atoms with Crippen LogP contribution in [0.2, 0.25) is 0 Å². The molecule has 0 atom stereocenters. The molecule has 28 heavy (non-hydrogen) atoms. The summed E-state index contributed by atoms with van der Waals surface area (Å²) >= 11 is 0. The summed E-state index contributed by atoms with van der Waals surface area (Å²) in [5.74, 6) is -0.0330. The zero-order valence-electron chi connectivity index (χ0n) is 17.0. The molecule has 10 nitrogen and oxygen atoms in total. The van der Waals surface area contributed by atoms with Gasteiger partial charge in [-0.1, -0.05) is 0 Å². The Morgan fingerprint density at radius 2 is 1.57 bits per heavy atom. The maximum Gasteiger partial charge on any atom is 0.407 e. The van der Waals surface area contributed by atoms with E-state index in [1.165, 1.54) is 8.61 Å². The van der Waals surface area contributed by atoms with Crippen molar-refractivity contribution in [3.05, 3.63) is 0 Å². The van der Waals surface area contributed by atoms with Gasteiger partial charge in [-0.25, -0.2) is 4.79 Å². The molecule has 1 N–H and O–H groups in total. The summed E-state index contributed by atoms with van der Waals surface area (Å²) in [6.07, 6.45) is 0.304. The van der Waals surface area contributed by atoms with Crippen LogP contribution < -0.4 is 5.32 Å². The second kappa shape index (κ2) is 9.86. The first kappa shape index (κ1) is 22.9. The van der Waals surface area contributed by atoms with E-state index in [4.69, 9.17) is 9.47 Å². The minimum atomic E-state index is -3.49. The molecule has 0 aromatic heterocycles. The van der Waals surface area contributed by atoms with E-state index in [0.717, 1.165) is 0 Å². The Morgan fingerprint density at radius 3 is 2.14 bits per heavy atom. The first-order valence-electron chi connectivity index (χ1n) is 9.67. The van der Waals surface area contributed by atoms with Crippen LogP contribution in [0, 0.1) is 0 Å². The Bertz CT molecular complexity index is 635. The van der Waals surface area contributed by atoms with Crippen LogP contribution in [-0.2, 0) is 24.5 Å². The summed E-state index contributed by atoms with van der Waals surface area (Å²) in [7, 11) is -3.49. The third-order valence-electron chi connectivity index (χ3n) is 4.45. The normalized spacial score (nSPS) is 20.0. The summed E-state index contributed by atoms with van der Waals surface area (Å²) in [5, 5.41) is 2.63. The predicted molar refractivity (Wildman–Crippen MR) is 103 cm³/mol. The van der Waals surface area contributed by atoms with Crippen molar-refractivity contribution in [2.75, 3.05) is 59.0 Å². The van der Waals surface area contributed by atoms with Gasteiger partial charge < -0.3 is 19.7 Å². The number of carbonyl (C=O) groups is 2. The molecule has 0 aromatic carbocycles. The molecule has 0 aliphatic carbocycles. The van der Waals surface area contributed by atoms with Crippen LogP contribution in [0.3, 0.4) is 0 Å². The smallest absolute Gasteiger partial charge is 0.407 e. The molecular weight excluding hydrogens is 388 g/mol. The van der Waals surface area contributed by atoms with Gasteiger partial charge in [-0.3, -0.25) is 4.79 Å². The number of piperazine rings is 1. The third-order valence-corrected chi connectivity index (χ3v) is 6.49. The molecular formula is C17H32N4O6S. The van der Waals surface area contributed by atoms with Crippen molar-refractivity contribution in [2.45, 2.75) is 39.2 Å². The topological polar surface area (TPSA) is 108 Å². The highest BCUT2D eigenvalue weighted by molar-refractivity contribution is 7.86. The average Bonchev–Trinajstić information content (AvgIpc) is 2.64. The van der Waals surface area contributed by atoms with Crippen LogP contribution in [0.15, 0.2) is 0 Å². The van der Waals surface area contributed by atoms with Crippen molar-refractivity contribution < 1.29 is 27.5 Å². The zero-order valence-corrected chi connectivity index (χ0v) is 17.8. The van der Waals surface area contributed by atoms with Crippen LogP contribution in [-0.4, -0.2) is 98.6 Å². The average molecular weight is 421 g/mol. The molecule has 2 saturated heterocycles. The van der Waals surface area contributed by atoms with Gasteiger partial charge in [-0.05, 0) is 27.2 Å². The first-order valence-corrected chi connectivity index (χ1v) is 11.1. The predicted octanol–water partition coefficient (Wildman–Crippen LogP) is 0.0125. The fraction of sp³-hybridized carbons (Fsp3) is 0.882. The molecule has 2 aliphatic heterocycles. The summed E-state index contributed by atoms with van der Waals surface area (Å²) in [6, 6.07) is 0. The van der Waals surface area contributed by atoms with Gasteiger partial charge in [0.1, 0.15) is 5.60 Å². The second-order valence-corrected chi connectivity index (χ2v) is 9.76. The molecule has 2 rings (SSSR count). The van der Waals surface area contributed by atoms with Gasteiger partial charge >= 0.3 is 6.09 Å². The molecule has 2 fully saturated rings. The van der Waals surface area contributed by atoms with Crippen LogP contribution in [0.4, 0.5) is 4.79 Å². The lowest BCUT2D eigenvalue weighted by Crippen LogP contribution is -2.55. The van der Waals surface area contributed by atoms with E-state index in [-0.39, 0.29) is 5.91 Å². The number of nitrogens with one attached hydrogen (secondary N) is 1. The number of hydrogen-bond donors (Lipinski definition) is 1. The Balaban J connectivity index is 1.68. The minimum Gasteiger partial charge on any atom is -0.444 e. The number of alkyl carbamates (subject to hydrolysis) is 1. The van der Waals surface area contributed by atoms with Gasteiger partial charge in [0, 0.05) is 52.2 Å². The highest BCUT2D eigenvalue weighted by atomic mass is 32.2. The SMILES string of the molecule is CC(C)(C)OC(=O)NCCCC(=O)N1CCN(S(=O)(=O)N2CCOCC2)CC1. The van der Waals surface area contributed by atoms with Crippen LogP contribution >= 0.6 is 0 Å². The number of nitrogens with zero attached hydrogens (tertiary/aromatic N) is 3. The third kappa shape index (κ3) is 6.87. The molecule has 0 unspecified atom stereocenters. The molecule has 11 heteroatoms. The number of amides is 2. The molecule has 0 spiro atoms. The van der Waals surface area contributed by atoms with E-state index in [1.54, 1.807) is 25.7 Å². The van der Waals surface area contributed by atoms with Crippen molar-refractivity contribution in [1.82, 2.24) is 18.8 Å². The number of rotatable bonds is 6. The molecule has 2 heterocycles. The minimum absolute atomic E-state index is 0.0330. The largest absolute Gasteiger partial charge is 0.444 e. The first-order chi connectivity index (χ1) is 13.1. The van der Waals surface area contributed by atoms with Crippen LogP contribution in [0.25, 0.3) is 0 Å². The molecule has 0 saturated carbocycles. The van der Waals surface area contributed by atoms with E-state index < -0.39 is 21.9 Å². The molecule has 2 amide bonds. The number of ether oxygens (including phenoxy) is 2. The van der Waals surface area contributed by atoms with Crippen molar-refractivity contribution in [3.63, 3.8) is 0 Å². The maximum atomic E-state index is 12.6. The van der Waals surface area contributed by atoms with Crippen molar-refractivity contribution >= 4 is 22.2 Å². The Morgan fingerprint density at radius 1 is 1.00 bits per heavy atom. The van der Waals surface area contributed by atoms with E-state index in [2.05, 4.69) is 5.32 Å². The quantitative estimate of drug-likeness (QED) is 0.607. The van der Waals surface area contributed by atoms with Crippen molar-refractivity contribution in [2.24, 2.45) is 0 Å².